The lowest BCUT2D eigenvalue weighted by Gasteiger charge is -2.25. The fourth-order valence-corrected chi connectivity index (χ4v) is 2.38. The molecule has 2 N–H and O–H groups in total. The molecule has 1 atom stereocenters. The molecule has 1 aliphatic rings. The van der Waals surface area contributed by atoms with Crippen molar-refractivity contribution in [3.05, 3.63) is 29.3 Å². The van der Waals surface area contributed by atoms with E-state index in [2.05, 4.69) is 29.8 Å². The highest BCUT2D eigenvalue weighted by atomic mass is 32.2. The van der Waals surface area contributed by atoms with E-state index in [-0.39, 0.29) is 12.6 Å². The lowest BCUT2D eigenvalue weighted by molar-refractivity contribution is 0.240. The lowest BCUT2D eigenvalue weighted by atomic mass is 9.95. The number of fused-ring (bicyclic) bond motifs is 1. The van der Waals surface area contributed by atoms with Gasteiger partial charge in [0.15, 0.2) is 0 Å². The zero-order valence-corrected chi connectivity index (χ0v) is 9.10. The molecule has 0 aromatic heterocycles. The highest BCUT2D eigenvalue weighted by Crippen LogP contribution is 2.26. The van der Waals surface area contributed by atoms with Gasteiger partial charge in [0.05, 0.1) is 12.6 Å². The Hall–Kier alpha value is -0.510. The summed E-state index contributed by atoms with van der Waals surface area (Å²) in [6.07, 6.45) is 3.16. The molecule has 2 nitrogen and oxygen atoms in total. The number of thioether (sulfide) groups is 1. The van der Waals surface area contributed by atoms with Crippen LogP contribution in [-0.4, -0.2) is 24.5 Å². The van der Waals surface area contributed by atoms with Gasteiger partial charge in [-0.3, -0.25) is 0 Å². The Kier molecular flexibility index (Phi) is 3.11. The number of aliphatic hydroxyl groups excluding tert-OH is 1. The molecule has 2 rings (SSSR count). The largest absolute Gasteiger partial charge is 0.394 e. The second-order valence-corrected chi connectivity index (χ2v) is 4.38. The summed E-state index contributed by atoms with van der Waals surface area (Å²) in [5.74, 6) is 0. The summed E-state index contributed by atoms with van der Waals surface area (Å²) in [6.45, 7) is 1.15. The number of benzene rings is 1. The molecule has 0 spiro atoms. The maximum absolute atomic E-state index is 9.20. The third-order valence-corrected chi connectivity index (χ3v) is 3.42. The van der Waals surface area contributed by atoms with Gasteiger partial charge in [0.2, 0.25) is 0 Å². The second kappa shape index (κ2) is 4.34. The van der Waals surface area contributed by atoms with Gasteiger partial charge in [-0.1, -0.05) is 6.07 Å². The van der Waals surface area contributed by atoms with E-state index in [1.54, 1.807) is 11.8 Å². The van der Waals surface area contributed by atoms with E-state index in [0.29, 0.717) is 0 Å². The summed E-state index contributed by atoms with van der Waals surface area (Å²) in [7, 11) is 0. The lowest BCUT2D eigenvalue weighted by Crippen LogP contribution is -2.31. The molecule has 0 unspecified atom stereocenters. The first kappa shape index (κ1) is 10.0. The molecule has 0 aliphatic carbocycles. The van der Waals surface area contributed by atoms with Gasteiger partial charge in [-0.25, -0.2) is 0 Å². The average Bonchev–Trinajstić information content (AvgIpc) is 2.27. The molecule has 0 bridgehead atoms. The predicted molar refractivity (Wildman–Crippen MR) is 59.8 cm³/mol. The molecule has 0 fully saturated rings. The van der Waals surface area contributed by atoms with Crippen molar-refractivity contribution in [1.82, 2.24) is 5.32 Å². The Morgan fingerprint density at radius 1 is 1.57 bits per heavy atom. The molecule has 0 saturated carbocycles. The Morgan fingerprint density at radius 2 is 2.43 bits per heavy atom. The minimum atomic E-state index is 0.134. The van der Waals surface area contributed by atoms with Crippen LogP contribution < -0.4 is 5.32 Å². The van der Waals surface area contributed by atoms with Crippen molar-refractivity contribution in [3.8, 4) is 0 Å². The van der Waals surface area contributed by atoms with Crippen LogP contribution in [0.15, 0.2) is 23.1 Å². The fraction of sp³-hybridized carbons (Fsp3) is 0.455. The molecule has 3 heteroatoms. The number of aliphatic hydroxyl groups is 1. The third-order valence-electron chi connectivity index (χ3n) is 2.69. The molecule has 1 aromatic carbocycles. The molecule has 0 radical (unpaired) electrons. The first-order valence-corrected chi connectivity index (χ1v) is 6.08. The molecule has 1 heterocycles. The number of nitrogens with one attached hydrogen (secondary N) is 1. The van der Waals surface area contributed by atoms with Crippen molar-refractivity contribution in [2.24, 2.45) is 0 Å². The van der Waals surface area contributed by atoms with E-state index in [4.69, 9.17) is 0 Å². The number of hydrogen-bond donors (Lipinski definition) is 2. The second-order valence-electron chi connectivity index (χ2n) is 3.50. The molecule has 0 amide bonds. The number of rotatable bonds is 2. The third kappa shape index (κ3) is 1.80. The van der Waals surface area contributed by atoms with Crippen molar-refractivity contribution < 1.29 is 5.11 Å². The average molecular weight is 209 g/mol. The summed E-state index contributed by atoms with van der Waals surface area (Å²) in [4.78, 5) is 1.31. The van der Waals surface area contributed by atoms with Gasteiger partial charge < -0.3 is 10.4 Å². The Morgan fingerprint density at radius 3 is 3.14 bits per heavy atom. The topological polar surface area (TPSA) is 32.3 Å². The highest BCUT2D eigenvalue weighted by Gasteiger charge is 2.18. The van der Waals surface area contributed by atoms with Crippen molar-refractivity contribution in [2.45, 2.75) is 17.4 Å². The molecule has 0 saturated heterocycles. The summed E-state index contributed by atoms with van der Waals surface area (Å²) in [5, 5.41) is 12.5. The van der Waals surface area contributed by atoms with Crippen LogP contribution in [0.5, 0.6) is 0 Å². The van der Waals surface area contributed by atoms with Crippen molar-refractivity contribution in [3.63, 3.8) is 0 Å². The molecular weight excluding hydrogens is 194 g/mol. The Balaban J connectivity index is 2.35. The first-order valence-electron chi connectivity index (χ1n) is 4.86. The smallest absolute Gasteiger partial charge is 0.0626 e. The first-order chi connectivity index (χ1) is 6.85. The SMILES string of the molecule is CSc1ccc2c(c1)CCN[C@H]2CO. The van der Waals surface area contributed by atoms with Crippen LogP contribution in [0.1, 0.15) is 17.2 Å². The zero-order valence-electron chi connectivity index (χ0n) is 8.29. The van der Waals surface area contributed by atoms with Crippen LogP contribution >= 0.6 is 11.8 Å². The van der Waals surface area contributed by atoms with Gasteiger partial charge in [0, 0.05) is 4.90 Å². The van der Waals surface area contributed by atoms with Crippen LogP contribution in [0, 0.1) is 0 Å². The monoisotopic (exact) mass is 209 g/mol. The maximum atomic E-state index is 9.20. The summed E-state index contributed by atoms with van der Waals surface area (Å²) in [6, 6.07) is 6.63. The fourth-order valence-electron chi connectivity index (χ4n) is 1.92. The van der Waals surface area contributed by atoms with Crippen LogP contribution in [0.4, 0.5) is 0 Å². The Labute approximate surface area is 88.7 Å². The molecular formula is C11H15NOS. The van der Waals surface area contributed by atoms with Crippen LogP contribution in [-0.2, 0) is 6.42 Å². The standard InChI is InChI=1S/C11H15NOS/c1-14-9-2-3-10-8(6-9)4-5-12-11(10)7-13/h2-3,6,11-13H,4-5,7H2,1H3/t11-/m0/s1. The van der Waals surface area contributed by atoms with Crippen LogP contribution in [0.2, 0.25) is 0 Å². The van der Waals surface area contributed by atoms with E-state index >= 15 is 0 Å². The van der Waals surface area contributed by atoms with E-state index in [9.17, 15) is 5.11 Å². The normalized spacial score (nSPS) is 20.6. The predicted octanol–water partition coefficient (Wildman–Crippen LogP) is 1.59. The summed E-state index contributed by atoms with van der Waals surface area (Å²) >= 11 is 1.77. The van der Waals surface area contributed by atoms with Crippen molar-refractivity contribution in [2.75, 3.05) is 19.4 Å². The summed E-state index contributed by atoms with van der Waals surface area (Å²) in [5.41, 5.74) is 2.64. The van der Waals surface area contributed by atoms with Gasteiger partial charge >= 0.3 is 0 Å². The van der Waals surface area contributed by atoms with Gasteiger partial charge in [0.1, 0.15) is 0 Å². The minimum absolute atomic E-state index is 0.134. The molecule has 14 heavy (non-hydrogen) atoms. The number of hydrogen-bond acceptors (Lipinski definition) is 3. The van der Waals surface area contributed by atoms with E-state index in [1.807, 2.05) is 0 Å². The van der Waals surface area contributed by atoms with Gasteiger partial charge in [-0.2, -0.15) is 0 Å². The van der Waals surface area contributed by atoms with Crippen LogP contribution in [0.3, 0.4) is 0 Å². The van der Waals surface area contributed by atoms with Gasteiger partial charge in [-0.15, -0.1) is 11.8 Å². The Bertz CT molecular complexity index is 327. The minimum Gasteiger partial charge on any atom is -0.394 e. The molecule has 1 aromatic rings. The molecule has 1 aliphatic heterocycles. The quantitative estimate of drug-likeness (QED) is 0.725. The summed E-state index contributed by atoms with van der Waals surface area (Å²) < 4.78 is 0. The zero-order chi connectivity index (χ0) is 9.97. The van der Waals surface area contributed by atoms with E-state index in [1.165, 1.54) is 16.0 Å². The maximum Gasteiger partial charge on any atom is 0.0626 e. The van der Waals surface area contributed by atoms with Crippen molar-refractivity contribution in [1.29, 1.82) is 0 Å². The van der Waals surface area contributed by atoms with Gasteiger partial charge in [-0.05, 0) is 42.5 Å². The van der Waals surface area contributed by atoms with E-state index < -0.39 is 0 Å². The molecule has 76 valence electrons. The van der Waals surface area contributed by atoms with Crippen LogP contribution in [0.25, 0.3) is 0 Å². The van der Waals surface area contributed by atoms with E-state index in [0.717, 1.165) is 13.0 Å². The highest BCUT2D eigenvalue weighted by molar-refractivity contribution is 7.98. The van der Waals surface area contributed by atoms with Gasteiger partial charge in [0.25, 0.3) is 0 Å². The van der Waals surface area contributed by atoms with Crippen molar-refractivity contribution >= 4 is 11.8 Å².